The molecule has 1 aromatic heterocycles. The SMILES string of the molecule is Cc1cccc(NC(=O)CSc2nnc(CNC(=O)COc3ccccc3)n2-c2cccc(C(F)(F)F)c2)c1. The number of carbonyl (C=O) groups excluding carboxylic acids is 2. The van der Waals surface area contributed by atoms with Gasteiger partial charge in [0.25, 0.3) is 5.91 Å². The fraction of sp³-hybridized carbons (Fsp3) is 0.185. The molecule has 4 rings (SSSR count). The molecule has 0 unspecified atom stereocenters. The third kappa shape index (κ3) is 7.84. The molecule has 0 atom stereocenters. The van der Waals surface area contributed by atoms with Crippen molar-refractivity contribution in [2.75, 3.05) is 17.7 Å². The van der Waals surface area contributed by atoms with E-state index in [1.807, 2.05) is 31.2 Å². The third-order valence-corrected chi connectivity index (χ3v) is 6.25. The van der Waals surface area contributed by atoms with Crippen LogP contribution >= 0.6 is 11.8 Å². The predicted octanol–water partition coefficient (Wildman–Crippen LogP) is 5.02. The minimum Gasteiger partial charge on any atom is -0.484 e. The second-order valence-electron chi connectivity index (χ2n) is 8.37. The van der Waals surface area contributed by atoms with Gasteiger partial charge in [-0.3, -0.25) is 14.2 Å². The normalized spacial score (nSPS) is 11.2. The van der Waals surface area contributed by atoms with Crippen LogP contribution in [0.4, 0.5) is 18.9 Å². The maximum atomic E-state index is 13.4. The van der Waals surface area contributed by atoms with Crippen LogP contribution < -0.4 is 15.4 Å². The van der Waals surface area contributed by atoms with Gasteiger partial charge in [-0.15, -0.1) is 10.2 Å². The van der Waals surface area contributed by atoms with Gasteiger partial charge in [0.2, 0.25) is 5.91 Å². The fourth-order valence-electron chi connectivity index (χ4n) is 3.53. The van der Waals surface area contributed by atoms with E-state index in [4.69, 9.17) is 4.74 Å². The number of ether oxygens (including phenoxy) is 1. The number of amides is 2. The summed E-state index contributed by atoms with van der Waals surface area (Å²) in [7, 11) is 0. The molecule has 0 fully saturated rings. The van der Waals surface area contributed by atoms with Crippen molar-refractivity contribution in [3.63, 3.8) is 0 Å². The summed E-state index contributed by atoms with van der Waals surface area (Å²) in [6.45, 7) is 1.51. The van der Waals surface area contributed by atoms with Crippen molar-refractivity contribution in [2.24, 2.45) is 0 Å². The molecule has 0 aliphatic carbocycles. The molecular formula is C27H24F3N5O3S. The second kappa shape index (κ2) is 12.5. The Bertz CT molecular complexity index is 1440. The Morgan fingerprint density at radius 3 is 2.46 bits per heavy atom. The first-order valence-electron chi connectivity index (χ1n) is 11.7. The van der Waals surface area contributed by atoms with E-state index in [9.17, 15) is 22.8 Å². The molecule has 4 aromatic rings. The maximum Gasteiger partial charge on any atom is 0.416 e. The molecular weight excluding hydrogens is 531 g/mol. The lowest BCUT2D eigenvalue weighted by molar-refractivity contribution is -0.137. The minimum atomic E-state index is -4.56. The Hall–Kier alpha value is -4.32. The Labute approximate surface area is 226 Å². The van der Waals surface area contributed by atoms with Gasteiger partial charge in [0.05, 0.1) is 23.5 Å². The number of aromatic nitrogens is 3. The highest BCUT2D eigenvalue weighted by Gasteiger charge is 2.31. The standard InChI is InChI=1S/C27H24F3N5O3S/c1-18-7-5-9-20(13-18)32-25(37)17-39-26-34-33-23(15-31-24(36)16-38-22-11-3-2-4-12-22)35(26)21-10-6-8-19(14-21)27(28,29)30/h2-14H,15-17H2,1H3,(H,31,36)(H,32,37). The van der Waals surface area contributed by atoms with E-state index in [2.05, 4.69) is 20.8 Å². The van der Waals surface area contributed by atoms with Gasteiger partial charge in [-0.1, -0.05) is 48.2 Å². The second-order valence-corrected chi connectivity index (χ2v) is 9.31. The number of aryl methyl sites for hydroxylation is 1. The van der Waals surface area contributed by atoms with E-state index >= 15 is 0 Å². The van der Waals surface area contributed by atoms with Crippen molar-refractivity contribution in [1.29, 1.82) is 0 Å². The predicted molar refractivity (Wildman–Crippen MR) is 141 cm³/mol. The molecule has 0 radical (unpaired) electrons. The van der Waals surface area contributed by atoms with Crippen molar-refractivity contribution in [2.45, 2.75) is 24.8 Å². The van der Waals surface area contributed by atoms with Gasteiger partial charge in [0.15, 0.2) is 17.6 Å². The van der Waals surface area contributed by atoms with Crippen LogP contribution in [0.3, 0.4) is 0 Å². The van der Waals surface area contributed by atoms with Gasteiger partial charge in [-0.05, 0) is 55.0 Å². The van der Waals surface area contributed by atoms with Crippen molar-refractivity contribution >= 4 is 29.3 Å². The Morgan fingerprint density at radius 2 is 1.72 bits per heavy atom. The van der Waals surface area contributed by atoms with Crippen LogP contribution in [0, 0.1) is 6.92 Å². The van der Waals surface area contributed by atoms with Crippen molar-refractivity contribution in [3.8, 4) is 11.4 Å². The van der Waals surface area contributed by atoms with E-state index in [-0.39, 0.29) is 41.5 Å². The van der Waals surface area contributed by atoms with Gasteiger partial charge < -0.3 is 15.4 Å². The van der Waals surface area contributed by atoms with Gasteiger partial charge in [-0.25, -0.2) is 0 Å². The summed E-state index contributed by atoms with van der Waals surface area (Å²) >= 11 is 1.01. The smallest absolute Gasteiger partial charge is 0.416 e. The highest BCUT2D eigenvalue weighted by atomic mass is 32.2. The number of nitrogens with one attached hydrogen (secondary N) is 2. The average molecular weight is 556 g/mol. The molecule has 2 amide bonds. The number of hydrogen-bond donors (Lipinski definition) is 2. The molecule has 12 heteroatoms. The largest absolute Gasteiger partial charge is 0.484 e. The lowest BCUT2D eigenvalue weighted by atomic mass is 10.2. The van der Waals surface area contributed by atoms with Gasteiger partial charge >= 0.3 is 6.18 Å². The van der Waals surface area contributed by atoms with Crippen LogP contribution in [0.2, 0.25) is 0 Å². The summed E-state index contributed by atoms with van der Waals surface area (Å²) in [5.41, 5.74) is 0.890. The zero-order chi connectivity index (χ0) is 27.8. The zero-order valence-corrected chi connectivity index (χ0v) is 21.6. The Kier molecular flexibility index (Phi) is 8.87. The summed E-state index contributed by atoms with van der Waals surface area (Å²) in [5.74, 6) is -0.143. The number of nitrogens with zero attached hydrogens (tertiary/aromatic N) is 3. The van der Waals surface area contributed by atoms with Crippen molar-refractivity contribution in [3.05, 3.63) is 95.8 Å². The number of anilines is 1. The van der Waals surface area contributed by atoms with Crippen LogP contribution in [-0.2, 0) is 22.3 Å². The molecule has 8 nitrogen and oxygen atoms in total. The molecule has 0 aliphatic heterocycles. The summed E-state index contributed by atoms with van der Waals surface area (Å²) in [6, 6.07) is 20.7. The quantitative estimate of drug-likeness (QED) is 0.267. The number of para-hydroxylation sites is 1. The Balaban J connectivity index is 1.50. The first-order valence-corrected chi connectivity index (χ1v) is 12.7. The van der Waals surface area contributed by atoms with Crippen LogP contribution in [-0.4, -0.2) is 38.9 Å². The number of alkyl halides is 3. The monoisotopic (exact) mass is 555 g/mol. The lowest BCUT2D eigenvalue weighted by Gasteiger charge is -2.14. The van der Waals surface area contributed by atoms with Crippen LogP contribution in [0.5, 0.6) is 5.75 Å². The molecule has 2 N–H and O–H groups in total. The lowest BCUT2D eigenvalue weighted by Crippen LogP contribution is -2.29. The summed E-state index contributed by atoms with van der Waals surface area (Å²) in [4.78, 5) is 24.9. The first-order chi connectivity index (χ1) is 18.7. The topological polar surface area (TPSA) is 98.1 Å². The number of carbonyl (C=O) groups is 2. The molecule has 0 bridgehead atoms. The highest BCUT2D eigenvalue weighted by molar-refractivity contribution is 7.99. The van der Waals surface area contributed by atoms with Gasteiger partial charge in [-0.2, -0.15) is 13.2 Å². The number of rotatable bonds is 10. The minimum absolute atomic E-state index is 0.0672. The molecule has 202 valence electrons. The van der Waals surface area contributed by atoms with Crippen LogP contribution in [0.25, 0.3) is 5.69 Å². The molecule has 0 aliphatic rings. The molecule has 0 saturated heterocycles. The summed E-state index contributed by atoms with van der Waals surface area (Å²) in [6.07, 6.45) is -4.56. The Morgan fingerprint density at radius 1 is 0.949 bits per heavy atom. The van der Waals surface area contributed by atoms with E-state index in [1.54, 1.807) is 30.3 Å². The molecule has 0 spiro atoms. The number of halogens is 3. The zero-order valence-electron chi connectivity index (χ0n) is 20.7. The maximum absolute atomic E-state index is 13.4. The van der Waals surface area contributed by atoms with E-state index in [0.29, 0.717) is 11.4 Å². The fourth-order valence-corrected chi connectivity index (χ4v) is 4.30. The number of thioether (sulfide) groups is 1. The third-order valence-electron chi connectivity index (χ3n) is 5.32. The number of benzene rings is 3. The summed E-state index contributed by atoms with van der Waals surface area (Å²) < 4.78 is 47.0. The molecule has 0 saturated carbocycles. The number of hydrogen-bond acceptors (Lipinski definition) is 6. The van der Waals surface area contributed by atoms with Crippen LogP contribution in [0.15, 0.2) is 84.0 Å². The van der Waals surface area contributed by atoms with Gasteiger partial charge in [0.1, 0.15) is 5.75 Å². The molecule has 3 aromatic carbocycles. The van der Waals surface area contributed by atoms with E-state index < -0.39 is 17.6 Å². The van der Waals surface area contributed by atoms with Gasteiger partial charge in [0, 0.05) is 5.69 Å². The van der Waals surface area contributed by atoms with E-state index in [1.165, 1.54) is 16.7 Å². The highest BCUT2D eigenvalue weighted by Crippen LogP contribution is 2.31. The van der Waals surface area contributed by atoms with Crippen molar-refractivity contribution < 1.29 is 27.5 Å². The molecule has 39 heavy (non-hydrogen) atoms. The van der Waals surface area contributed by atoms with Crippen LogP contribution in [0.1, 0.15) is 17.0 Å². The first kappa shape index (κ1) is 27.7. The average Bonchev–Trinajstić information content (AvgIpc) is 3.32. The summed E-state index contributed by atoms with van der Waals surface area (Å²) in [5, 5.41) is 13.8. The van der Waals surface area contributed by atoms with E-state index in [0.717, 1.165) is 29.5 Å². The van der Waals surface area contributed by atoms with Crippen molar-refractivity contribution in [1.82, 2.24) is 20.1 Å². The molecule has 1 heterocycles.